The molecule has 0 aliphatic carbocycles. The van der Waals surface area contributed by atoms with Gasteiger partial charge in [-0.25, -0.2) is 0 Å². The molecule has 1 aliphatic rings. The highest BCUT2D eigenvalue weighted by atomic mass is 16.7. The van der Waals surface area contributed by atoms with Crippen LogP contribution in [0.1, 0.15) is 72.1 Å². The minimum Gasteiger partial charge on any atom is -0.348 e. The van der Waals surface area contributed by atoms with E-state index in [1.165, 1.54) is 38.5 Å². The van der Waals surface area contributed by atoms with Crippen LogP contribution in [0.3, 0.4) is 0 Å². The van der Waals surface area contributed by atoms with Crippen molar-refractivity contribution in [3.8, 4) is 0 Å². The molecular formula is C15H30O2. The van der Waals surface area contributed by atoms with E-state index in [2.05, 4.69) is 20.8 Å². The molecule has 0 unspecified atom stereocenters. The van der Waals surface area contributed by atoms with Gasteiger partial charge in [-0.1, -0.05) is 52.9 Å². The summed E-state index contributed by atoms with van der Waals surface area (Å²) in [6.45, 7) is 8.31. The van der Waals surface area contributed by atoms with Crippen LogP contribution >= 0.6 is 0 Å². The van der Waals surface area contributed by atoms with Crippen molar-refractivity contribution in [1.29, 1.82) is 0 Å². The summed E-state index contributed by atoms with van der Waals surface area (Å²) in [6, 6.07) is 0. The summed E-state index contributed by atoms with van der Waals surface area (Å²) >= 11 is 0. The lowest BCUT2D eigenvalue weighted by atomic mass is 9.97. The third-order valence-corrected chi connectivity index (χ3v) is 3.44. The monoisotopic (exact) mass is 242 g/mol. The van der Waals surface area contributed by atoms with E-state index in [9.17, 15) is 0 Å². The van der Waals surface area contributed by atoms with Crippen molar-refractivity contribution >= 4 is 0 Å². The first kappa shape index (κ1) is 15.0. The molecule has 0 N–H and O–H groups in total. The van der Waals surface area contributed by atoms with Gasteiger partial charge < -0.3 is 9.47 Å². The molecule has 1 rings (SSSR count). The summed E-state index contributed by atoms with van der Waals surface area (Å²) in [5.74, 6) is 0.409. The molecule has 0 spiro atoms. The van der Waals surface area contributed by atoms with Gasteiger partial charge in [0.05, 0.1) is 13.2 Å². The van der Waals surface area contributed by atoms with Gasteiger partial charge in [0.25, 0.3) is 0 Å². The summed E-state index contributed by atoms with van der Waals surface area (Å²) in [5.41, 5.74) is 0. The smallest absolute Gasteiger partial charge is 0.168 e. The predicted octanol–water partition coefficient (Wildman–Crippen LogP) is 4.53. The summed E-state index contributed by atoms with van der Waals surface area (Å²) in [6.07, 6.45) is 10.1. The quantitative estimate of drug-likeness (QED) is 0.553. The predicted molar refractivity (Wildman–Crippen MR) is 72.1 cm³/mol. The first-order valence-corrected chi connectivity index (χ1v) is 7.46. The van der Waals surface area contributed by atoms with Crippen molar-refractivity contribution in [2.75, 3.05) is 13.2 Å². The molecule has 0 aromatic carbocycles. The molecule has 0 saturated carbocycles. The number of hydrogen-bond donors (Lipinski definition) is 0. The highest BCUT2D eigenvalue weighted by molar-refractivity contribution is 4.75. The van der Waals surface area contributed by atoms with E-state index in [-0.39, 0.29) is 5.79 Å². The van der Waals surface area contributed by atoms with Gasteiger partial charge in [0.2, 0.25) is 0 Å². The number of hydrogen-bond acceptors (Lipinski definition) is 2. The number of unbranched alkanes of at least 4 members (excludes halogenated alkanes) is 5. The van der Waals surface area contributed by atoms with Crippen molar-refractivity contribution < 1.29 is 9.47 Å². The number of ether oxygens (including phenoxy) is 2. The maximum Gasteiger partial charge on any atom is 0.168 e. The van der Waals surface area contributed by atoms with Gasteiger partial charge in [-0.2, -0.15) is 0 Å². The maximum atomic E-state index is 5.86. The normalized spacial score (nSPS) is 19.1. The van der Waals surface area contributed by atoms with Crippen LogP contribution < -0.4 is 0 Å². The SMILES string of the molecule is CCCCCCCCC1(CC(C)C)OCCO1. The lowest BCUT2D eigenvalue weighted by molar-refractivity contribution is -0.173. The Morgan fingerprint density at radius 2 is 1.53 bits per heavy atom. The van der Waals surface area contributed by atoms with Gasteiger partial charge >= 0.3 is 0 Å². The zero-order valence-corrected chi connectivity index (χ0v) is 12.0. The van der Waals surface area contributed by atoms with Crippen LogP contribution in [-0.2, 0) is 9.47 Å². The third kappa shape index (κ3) is 5.87. The second kappa shape index (κ2) is 8.10. The van der Waals surface area contributed by atoms with E-state index in [1.807, 2.05) is 0 Å². The lowest BCUT2D eigenvalue weighted by Crippen LogP contribution is -2.31. The van der Waals surface area contributed by atoms with Gasteiger partial charge in [-0.15, -0.1) is 0 Å². The van der Waals surface area contributed by atoms with Crippen LogP contribution in [0.2, 0.25) is 0 Å². The highest BCUT2D eigenvalue weighted by Gasteiger charge is 2.36. The summed E-state index contributed by atoms with van der Waals surface area (Å²) < 4.78 is 11.7. The topological polar surface area (TPSA) is 18.5 Å². The zero-order chi connectivity index (χ0) is 12.6. The van der Waals surface area contributed by atoms with E-state index >= 15 is 0 Å². The fourth-order valence-corrected chi connectivity index (χ4v) is 2.66. The molecular weight excluding hydrogens is 212 g/mol. The summed E-state index contributed by atoms with van der Waals surface area (Å²) in [4.78, 5) is 0. The minimum absolute atomic E-state index is 0.237. The van der Waals surface area contributed by atoms with Gasteiger partial charge in [0.15, 0.2) is 5.79 Å². The van der Waals surface area contributed by atoms with E-state index in [0.29, 0.717) is 5.92 Å². The molecule has 0 aromatic rings. The van der Waals surface area contributed by atoms with Crippen molar-refractivity contribution in [1.82, 2.24) is 0 Å². The van der Waals surface area contributed by atoms with Gasteiger partial charge in [0, 0.05) is 12.8 Å². The fourth-order valence-electron chi connectivity index (χ4n) is 2.66. The van der Waals surface area contributed by atoms with E-state index in [0.717, 1.165) is 26.1 Å². The van der Waals surface area contributed by atoms with Crippen LogP contribution in [0.4, 0.5) is 0 Å². The highest BCUT2D eigenvalue weighted by Crippen LogP contribution is 2.32. The first-order valence-electron chi connectivity index (χ1n) is 7.46. The summed E-state index contributed by atoms with van der Waals surface area (Å²) in [5, 5.41) is 0. The Morgan fingerprint density at radius 1 is 0.941 bits per heavy atom. The van der Waals surface area contributed by atoms with Crippen LogP contribution in [-0.4, -0.2) is 19.0 Å². The van der Waals surface area contributed by atoms with Crippen molar-refractivity contribution in [3.05, 3.63) is 0 Å². The molecule has 1 fully saturated rings. The van der Waals surface area contributed by atoms with Crippen molar-refractivity contribution in [2.45, 2.75) is 77.9 Å². The zero-order valence-electron chi connectivity index (χ0n) is 12.0. The summed E-state index contributed by atoms with van der Waals surface area (Å²) in [7, 11) is 0. The van der Waals surface area contributed by atoms with Gasteiger partial charge in [0.1, 0.15) is 0 Å². The maximum absolute atomic E-state index is 5.86. The Kier molecular flexibility index (Phi) is 7.14. The van der Waals surface area contributed by atoms with E-state index in [4.69, 9.17) is 9.47 Å². The molecule has 0 amide bonds. The van der Waals surface area contributed by atoms with E-state index < -0.39 is 0 Å². The molecule has 0 radical (unpaired) electrons. The molecule has 0 atom stereocenters. The Hall–Kier alpha value is -0.0800. The van der Waals surface area contributed by atoms with Gasteiger partial charge in [-0.3, -0.25) is 0 Å². The molecule has 102 valence electrons. The molecule has 1 aliphatic heterocycles. The first-order chi connectivity index (χ1) is 8.18. The third-order valence-electron chi connectivity index (χ3n) is 3.44. The average Bonchev–Trinajstić information content (AvgIpc) is 2.71. The molecule has 1 saturated heterocycles. The standard InChI is InChI=1S/C15H30O2/c1-4-5-6-7-8-9-10-15(13-14(2)3)16-11-12-17-15/h14H,4-13H2,1-3H3. The molecule has 0 aromatic heterocycles. The fraction of sp³-hybridized carbons (Fsp3) is 1.00. The van der Waals surface area contributed by atoms with E-state index in [1.54, 1.807) is 0 Å². The van der Waals surface area contributed by atoms with Crippen molar-refractivity contribution in [2.24, 2.45) is 5.92 Å². The second-order valence-corrected chi connectivity index (χ2v) is 5.72. The average molecular weight is 242 g/mol. The Labute approximate surface area is 107 Å². The number of rotatable bonds is 9. The van der Waals surface area contributed by atoms with Crippen LogP contribution in [0.15, 0.2) is 0 Å². The molecule has 1 heterocycles. The van der Waals surface area contributed by atoms with Crippen LogP contribution in [0.5, 0.6) is 0 Å². The second-order valence-electron chi connectivity index (χ2n) is 5.72. The Balaban J connectivity index is 2.16. The van der Waals surface area contributed by atoms with Gasteiger partial charge in [-0.05, 0) is 12.3 Å². The molecule has 17 heavy (non-hydrogen) atoms. The van der Waals surface area contributed by atoms with Crippen LogP contribution in [0, 0.1) is 5.92 Å². The lowest BCUT2D eigenvalue weighted by Gasteiger charge is -2.29. The minimum atomic E-state index is -0.237. The largest absolute Gasteiger partial charge is 0.348 e. The Morgan fingerprint density at radius 3 is 2.12 bits per heavy atom. The Bertz CT molecular complexity index is 183. The molecule has 0 bridgehead atoms. The van der Waals surface area contributed by atoms with Crippen molar-refractivity contribution in [3.63, 3.8) is 0 Å². The molecule has 2 nitrogen and oxygen atoms in total. The molecule has 2 heteroatoms. The van der Waals surface area contributed by atoms with Crippen LogP contribution in [0.25, 0.3) is 0 Å².